The quantitative estimate of drug-likeness (QED) is 0.861. The largest absolute Gasteiger partial charge is 0.312 e. The van der Waals surface area contributed by atoms with Crippen LogP contribution in [0.1, 0.15) is 37.7 Å². The van der Waals surface area contributed by atoms with Gasteiger partial charge in [0, 0.05) is 6.54 Å². The molecule has 3 bridgehead atoms. The molecule has 4 rings (SSSR count). The fourth-order valence-corrected chi connectivity index (χ4v) is 5.34. The zero-order chi connectivity index (χ0) is 12.7. The molecule has 19 heavy (non-hydrogen) atoms. The molecule has 3 fully saturated rings. The normalized spacial score (nSPS) is 39.7. The second-order valence-corrected chi connectivity index (χ2v) is 7.21. The zero-order valence-corrected chi connectivity index (χ0v) is 11.7. The van der Waals surface area contributed by atoms with Crippen molar-refractivity contribution in [3.05, 3.63) is 35.9 Å². The third kappa shape index (κ3) is 2.33. The summed E-state index contributed by atoms with van der Waals surface area (Å²) in [6.45, 7) is 2.29. The van der Waals surface area contributed by atoms with Crippen molar-refractivity contribution in [1.82, 2.24) is 5.32 Å². The summed E-state index contributed by atoms with van der Waals surface area (Å²) in [7, 11) is 0. The highest BCUT2D eigenvalue weighted by atomic mass is 14.9. The van der Waals surface area contributed by atoms with E-state index in [1.165, 1.54) is 18.5 Å². The van der Waals surface area contributed by atoms with Crippen LogP contribution in [-0.4, -0.2) is 6.54 Å². The minimum absolute atomic E-state index is 0.972. The summed E-state index contributed by atoms with van der Waals surface area (Å²) in [6, 6.07) is 10.8. The molecule has 0 aliphatic heterocycles. The maximum Gasteiger partial charge on any atom is 0.0205 e. The Kier molecular flexibility index (Phi) is 3.11. The van der Waals surface area contributed by atoms with Crippen molar-refractivity contribution in [2.24, 2.45) is 29.6 Å². The molecular weight excluding hydrogens is 230 g/mol. The van der Waals surface area contributed by atoms with E-state index in [-0.39, 0.29) is 0 Å². The smallest absolute Gasteiger partial charge is 0.0205 e. The molecule has 0 unspecified atom stereocenters. The fraction of sp³-hybridized carbons (Fsp3) is 0.667. The van der Waals surface area contributed by atoms with E-state index in [0.717, 1.165) is 36.1 Å². The van der Waals surface area contributed by atoms with Crippen LogP contribution in [0, 0.1) is 29.6 Å². The minimum atomic E-state index is 0.972. The van der Waals surface area contributed by atoms with Gasteiger partial charge < -0.3 is 5.32 Å². The van der Waals surface area contributed by atoms with E-state index in [9.17, 15) is 0 Å². The third-order valence-electron chi connectivity index (χ3n) is 5.97. The first-order valence-electron chi connectivity index (χ1n) is 8.13. The first-order valence-corrected chi connectivity index (χ1v) is 8.13. The Balaban J connectivity index is 1.34. The van der Waals surface area contributed by atoms with E-state index in [2.05, 4.69) is 35.6 Å². The molecule has 3 aliphatic carbocycles. The summed E-state index contributed by atoms with van der Waals surface area (Å²) in [5, 5.41) is 3.72. The van der Waals surface area contributed by atoms with Crippen molar-refractivity contribution in [3.63, 3.8) is 0 Å². The van der Waals surface area contributed by atoms with Gasteiger partial charge in [-0.3, -0.25) is 0 Å². The van der Waals surface area contributed by atoms with Gasteiger partial charge in [-0.05, 0) is 73.8 Å². The molecule has 1 N–H and O–H groups in total. The maximum atomic E-state index is 3.72. The van der Waals surface area contributed by atoms with Crippen molar-refractivity contribution in [1.29, 1.82) is 0 Å². The molecule has 0 amide bonds. The maximum absolute atomic E-state index is 3.72. The molecule has 3 saturated carbocycles. The van der Waals surface area contributed by atoms with Crippen LogP contribution in [-0.2, 0) is 6.54 Å². The summed E-state index contributed by atoms with van der Waals surface area (Å²) < 4.78 is 0. The second kappa shape index (κ2) is 4.94. The summed E-state index contributed by atoms with van der Waals surface area (Å²) in [4.78, 5) is 0. The van der Waals surface area contributed by atoms with Crippen LogP contribution in [0.4, 0.5) is 0 Å². The van der Waals surface area contributed by atoms with Crippen LogP contribution < -0.4 is 5.32 Å². The number of rotatable bonds is 4. The number of benzene rings is 1. The Labute approximate surface area is 116 Å². The van der Waals surface area contributed by atoms with Crippen LogP contribution in [0.5, 0.6) is 0 Å². The highest BCUT2D eigenvalue weighted by Gasteiger charge is 2.48. The van der Waals surface area contributed by atoms with Gasteiger partial charge in [0.1, 0.15) is 0 Å². The Morgan fingerprint density at radius 3 is 2.53 bits per heavy atom. The Bertz CT molecular complexity index is 425. The van der Waals surface area contributed by atoms with Gasteiger partial charge in [0.25, 0.3) is 0 Å². The molecule has 1 heteroatoms. The van der Waals surface area contributed by atoms with Crippen LogP contribution in [0.15, 0.2) is 30.3 Å². The summed E-state index contributed by atoms with van der Waals surface area (Å²) in [5.74, 6) is 5.31. The molecule has 5 atom stereocenters. The van der Waals surface area contributed by atoms with E-state index in [0.29, 0.717) is 0 Å². The van der Waals surface area contributed by atoms with Gasteiger partial charge >= 0.3 is 0 Å². The number of fused-ring (bicyclic) bond motifs is 2. The number of hydrogen-bond acceptors (Lipinski definition) is 1. The van der Waals surface area contributed by atoms with Gasteiger partial charge in [0.05, 0.1) is 0 Å². The van der Waals surface area contributed by atoms with Gasteiger partial charge in [0.15, 0.2) is 0 Å². The van der Waals surface area contributed by atoms with Gasteiger partial charge in [-0.25, -0.2) is 0 Å². The Morgan fingerprint density at radius 2 is 1.68 bits per heavy atom. The van der Waals surface area contributed by atoms with Crippen molar-refractivity contribution >= 4 is 0 Å². The molecule has 0 spiro atoms. The van der Waals surface area contributed by atoms with Gasteiger partial charge in [-0.1, -0.05) is 30.3 Å². The highest BCUT2D eigenvalue weighted by molar-refractivity contribution is 5.14. The van der Waals surface area contributed by atoms with E-state index >= 15 is 0 Å². The van der Waals surface area contributed by atoms with Crippen molar-refractivity contribution in [2.45, 2.75) is 38.6 Å². The van der Waals surface area contributed by atoms with E-state index in [4.69, 9.17) is 0 Å². The van der Waals surface area contributed by atoms with Crippen LogP contribution in [0.25, 0.3) is 0 Å². The molecular formula is C18H25N. The van der Waals surface area contributed by atoms with Crippen LogP contribution in [0.2, 0.25) is 0 Å². The molecule has 1 aromatic rings. The van der Waals surface area contributed by atoms with Crippen molar-refractivity contribution < 1.29 is 0 Å². The SMILES string of the molecule is c1ccc(CNC[C@H]2C[C@H]3C[C@@H]4C[C@H](C3)[C@H]2C4)cc1. The molecule has 0 aromatic heterocycles. The third-order valence-corrected chi connectivity index (χ3v) is 5.97. The van der Waals surface area contributed by atoms with Crippen LogP contribution in [0.3, 0.4) is 0 Å². The Morgan fingerprint density at radius 1 is 0.895 bits per heavy atom. The molecule has 0 heterocycles. The first-order chi connectivity index (χ1) is 9.38. The van der Waals surface area contributed by atoms with Crippen LogP contribution >= 0.6 is 0 Å². The predicted octanol–water partition coefficient (Wildman–Crippen LogP) is 3.85. The fourth-order valence-electron chi connectivity index (χ4n) is 5.34. The van der Waals surface area contributed by atoms with E-state index in [1.807, 2.05) is 0 Å². The summed E-state index contributed by atoms with van der Waals surface area (Å²) in [6.07, 6.45) is 7.76. The highest BCUT2D eigenvalue weighted by Crippen LogP contribution is 2.57. The Hall–Kier alpha value is -0.820. The summed E-state index contributed by atoms with van der Waals surface area (Å²) in [5.41, 5.74) is 1.42. The van der Waals surface area contributed by atoms with E-state index < -0.39 is 0 Å². The average Bonchev–Trinajstić information content (AvgIpc) is 2.66. The number of hydrogen-bond donors (Lipinski definition) is 1. The predicted molar refractivity (Wildman–Crippen MR) is 78.7 cm³/mol. The minimum Gasteiger partial charge on any atom is -0.312 e. The lowest BCUT2D eigenvalue weighted by atomic mass is 9.67. The molecule has 0 radical (unpaired) electrons. The topological polar surface area (TPSA) is 12.0 Å². The second-order valence-electron chi connectivity index (χ2n) is 7.21. The van der Waals surface area contributed by atoms with Gasteiger partial charge in [-0.15, -0.1) is 0 Å². The first kappa shape index (κ1) is 12.0. The van der Waals surface area contributed by atoms with Crippen molar-refractivity contribution in [2.75, 3.05) is 6.54 Å². The van der Waals surface area contributed by atoms with Gasteiger partial charge in [-0.2, -0.15) is 0 Å². The average molecular weight is 255 g/mol. The standard InChI is InChI=1S/C18H25N/c1-2-4-13(5-3-1)11-19-12-17-9-14-6-15-8-16(7-14)18(17)10-15/h1-5,14-19H,6-12H2/t14-,15+,16-,17+,18+/m0/s1. The molecule has 0 saturated heterocycles. The zero-order valence-electron chi connectivity index (χ0n) is 11.7. The monoisotopic (exact) mass is 255 g/mol. The lowest BCUT2D eigenvalue weighted by Crippen LogP contribution is -2.36. The van der Waals surface area contributed by atoms with Gasteiger partial charge in [0.2, 0.25) is 0 Å². The summed E-state index contributed by atoms with van der Waals surface area (Å²) >= 11 is 0. The number of nitrogens with one attached hydrogen (secondary N) is 1. The lowest BCUT2D eigenvalue weighted by molar-refractivity contribution is 0.115. The lowest BCUT2D eigenvalue weighted by Gasteiger charge is -2.39. The van der Waals surface area contributed by atoms with E-state index in [1.54, 1.807) is 25.7 Å². The molecule has 102 valence electrons. The molecule has 1 nitrogen and oxygen atoms in total. The molecule has 1 aromatic carbocycles. The van der Waals surface area contributed by atoms with Crippen molar-refractivity contribution in [3.8, 4) is 0 Å². The molecule has 3 aliphatic rings.